The van der Waals surface area contributed by atoms with Gasteiger partial charge in [-0.2, -0.15) is 0 Å². The van der Waals surface area contributed by atoms with Crippen molar-refractivity contribution in [3.8, 4) is 0 Å². The molecule has 20 heavy (non-hydrogen) atoms. The van der Waals surface area contributed by atoms with Crippen molar-refractivity contribution in [3.05, 3.63) is 24.3 Å². The minimum Gasteiger partial charge on any atom is -0.0885 e. The van der Waals surface area contributed by atoms with Crippen LogP contribution in [0.25, 0.3) is 0 Å². The summed E-state index contributed by atoms with van der Waals surface area (Å²) in [6.07, 6.45) is 32.0. The van der Waals surface area contributed by atoms with Crippen molar-refractivity contribution in [2.75, 3.05) is 0 Å². The zero-order chi connectivity index (χ0) is 14.1. The Kier molecular flexibility index (Phi) is 13.0. The van der Waals surface area contributed by atoms with Gasteiger partial charge in [0.15, 0.2) is 0 Å². The standard InChI is InChI=1S/C20H36/c1-2-4-6-8-10-12-14-16-18-20-19-17-15-13-11-9-7-5-3-1/h1-2,17,19H,3-16,18,20H2/b2-1+,19-17?. The van der Waals surface area contributed by atoms with Gasteiger partial charge in [0.25, 0.3) is 0 Å². The fraction of sp³-hybridized carbons (Fsp3) is 0.800. The van der Waals surface area contributed by atoms with E-state index in [0.29, 0.717) is 0 Å². The van der Waals surface area contributed by atoms with Crippen molar-refractivity contribution in [2.24, 2.45) is 0 Å². The van der Waals surface area contributed by atoms with Gasteiger partial charge in [-0.25, -0.2) is 0 Å². The SMILES string of the molecule is C1=CCCCCCCCCC/C=C/CCCCCCC1. The van der Waals surface area contributed by atoms with Crippen LogP contribution in [-0.2, 0) is 0 Å². The Balaban J connectivity index is 2.11. The first kappa shape index (κ1) is 17.5. The summed E-state index contributed by atoms with van der Waals surface area (Å²) in [6.45, 7) is 0. The van der Waals surface area contributed by atoms with Crippen molar-refractivity contribution in [1.82, 2.24) is 0 Å². The van der Waals surface area contributed by atoms with Crippen molar-refractivity contribution in [2.45, 2.75) is 103 Å². The van der Waals surface area contributed by atoms with Gasteiger partial charge in [-0.3, -0.25) is 0 Å². The largest absolute Gasteiger partial charge is 0.0885 e. The second-order valence-electron chi connectivity index (χ2n) is 6.34. The van der Waals surface area contributed by atoms with Gasteiger partial charge in [0.1, 0.15) is 0 Å². The first-order valence-electron chi connectivity index (χ1n) is 9.30. The molecule has 1 aliphatic carbocycles. The molecule has 0 aromatic carbocycles. The van der Waals surface area contributed by atoms with Crippen LogP contribution in [0.2, 0.25) is 0 Å². The van der Waals surface area contributed by atoms with Crippen LogP contribution in [0.15, 0.2) is 24.3 Å². The van der Waals surface area contributed by atoms with E-state index in [4.69, 9.17) is 0 Å². The molecule has 0 unspecified atom stereocenters. The fourth-order valence-electron chi connectivity index (χ4n) is 2.93. The molecule has 1 aliphatic rings. The van der Waals surface area contributed by atoms with Crippen LogP contribution in [-0.4, -0.2) is 0 Å². The third kappa shape index (κ3) is 12.5. The lowest BCUT2D eigenvalue weighted by Gasteiger charge is -2.01. The lowest BCUT2D eigenvalue weighted by molar-refractivity contribution is 0.582. The van der Waals surface area contributed by atoms with Crippen LogP contribution in [0.3, 0.4) is 0 Å². The van der Waals surface area contributed by atoms with Gasteiger partial charge < -0.3 is 0 Å². The van der Waals surface area contributed by atoms with Gasteiger partial charge in [0, 0.05) is 0 Å². The van der Waals surface area contributed by atoms with E-state index in [1.807, 2.05) is 0 Å². The molecule has 0 saturated heterocycles. The Morgan fingerprint density at radius 3 is 0.700 bits per heavy atom. The Bertz CT molecular complexity index is 212. The summed E-state index contributed by atoms with van der Waals surface area (Å²) in [5, 5.41) is 0. The van der Waals surface area contributed by atoms with E-state index < -0.39 is 0 Å². The van der Waals surface area contributed by atoms with Crippen LogP contribution in [0.5, 0.6) is 0 Å². The molecule has 0 bridgehead atoms. The number of hydrogen-bond acceptors (Lipinski definition) is 0. The highest BCUT2D eigenvalue weighted by Gasteiger charge is 1.92. The molecule has 0 aromatic rings. The Morgan fingerprint density at radius 1 is 0.250 bits per heavy atom. The molecule has 0 heterocycles. The molecule has 1 rings (SSSR count). The average Bonchev–Trinajstić information content (AvgIpc) is 2.46. The maximum absolute atomic E-state index is 2.42. The fourth-order valence-corrected chi connectivity index (χ4v) is 2.93. The first-order chi connectivity index (χ1) is 10.0. The van der Waals surface area contributed by atoms with Crippen LogP contribution in [0.4, 0.5) is 0 Å². The molecule has 0 aliphatic heterocycles. The molecule has 0 amide bonds. The van der Waals surface area contributed by atoms with Crippen molar-refractivity contribution in [1.29, 1.82) is 0 Å². The molecule has 0 N–H and O–H groups in total. The zero-order valence-electron chi connectivity index (χ0n) is 13.6. The summed E-state index contributed by atoms with van der Waals surface area (Å²) in [5.74, 6) is 0. The zero-order valence-corrected chi connectivity index (χ0v) is 13.6. The molecule has 0 saturated carbocycles. The summed E-state index contributed by atoms with van der Waals surface area (Å²) < 4.78 is 0. The van der Waals surface area contributed by atoms with Crippen LogP contribution >= 0.6 is 0 Å². The van der Waals surface area contributed by atoms with E-state index in [1.54, 1.807) is 0 Å². The van der Waals surface area contributed by atoms with E-state index in [2.05, 4.69) is 24.3 Å². The molecule has 116 valence electrons. The maximum Gasteiger partial charge on any atom is -0.0351 e. The third-order valence-corrected chi connectivity index (χ3v) is 4.32. The van der Waals surface area contributed by atoms with Crippen LogP contribution < -0.4 is 0 Å². The summed E-state index contributed by atoms with van der Waals surface area (Å²) in [6, 6.07) is 0. The molecule has 0 fully saturated rings. The Hall–Kier alpha value is -0.520. The predicted molar refractivity (Wildman–Crippen MR) is 92.2 cm³/mol. The lowest BCUT2D eigenvalue weighted by atomic mass is 10.1. The number of allylic oxidation sites excluding steroid dienone is 4. The van der Waals surface area contributed by atoms with Gasteiger partial charge >= 0.3 is 0 Å². The minimum absolute atomic E-state index is 1.31. The Labute approximate surface area is 127 Å². The topological polar surface area (TPSA) is 0 Å². The second kappa shape index (κ2) is 14.9. The highest BCUT2D eigenvalue weighted by atomic mass is 14.0. The van der Waals surface area contributed by atoms with Crippen molar-refractivity contribution < 1.29 is 0 Å². The van der Waals surface area contributed by atoms with E-state index in [1.165, 1.54) is 103 Å². The molecule has 0 aromatic heterocycles. The average molecular weight is 277 g/mol. The first-order valence-corrected chi connectivity index (χ1v) is 9.30. The second-order valence-corrected chi connectivity index (χ2v) is 6.34. The quantitative estimate of drug-likeness (QED) is 0.405. The summed E-state index contributed by atoms with van der Waals surface area (Å²) in [7, 11) is 0. The molecule has 0 spiro atoms. The van der Waals surface area contributed by atoms with Gasteiger partial charge in [0.2, 0.25) is 0 Å². The van der Waals surface area contributed by atoms with Gasteiger partial charge in [-0.1, -0.05) is 75.7 Å². The smallest absolute Gasteiger partial charge is 0.0351 e. The van der Waals surface area contributed by atoms with Gasteiger partial charge in [-0.15, -0.1) is 0 Å². The van der Waals surface area contributed by atoms with E-state index in [0.717, 1.165) is 0 Å². The normalized spacial score (nSPS) is 24.0. The molecule has 0 atom stereocenters. The van der Waals surface area contributed by atoms with Crippen molar-refractivity contribution >= 4 is 0 Å². The Morgan fingerprint density at radius 2 is 0.450 bits per heavy atom. The van der Waals surface area contributed by atoms with Crippen LogP contribution in [0.1, 0.15) is 103 Å². The lowest BCUT2D eigenvalue weighted by Crippen LogP contribution is -1.81. The minimum atomic E-state index is 1.31. The number of rotatable bonds is 0. The van der Waals surface area contributed by atoms with E-state index in [9.17, 15) is 0 Å². The maximum atomic E-state index is 2.42. The summed E-state index contributed by atoms with van der Waals surface area (Å²) in [5.41, 5.74) is 0. The highest BCUT2D eigenvalue weighted by molar-refractivity contribution is 4.82. The molecule has 0 radical (unpaired) electrons. The summed E-state index contributed by atoms with van der Waals surface area (Å²) in [4.78, 5) is 0. The van der Waals surface area contributed by atoms with Gasteiger partial charge in [-0.05, 0) is 51.4 Å². The third-order valence-electron chi connectivity index (χ3n) is 4.32. The highest BCUT2D eigenvalue weighted by Crippen LogP contribution is 2.12. The molecule has 0 heteroatoms. The van der Waals surface area contributed by atoms with Crippen LogP contribution in [0, 0.1) is 0 Å². The molecule has 0 nitrogen and oxygen atoms in total. The molecular formula is C20H36. The summed E-state index contributed by atoms with van der Waals surface area (Å²) >= 11 is 0. The van der Waals surface area contributed by atoms with Crippen molar-refractivity contribution in [3.63, 3.8) is 0 Å². The van der Waals surface area contributed by atoms with Gasteiger partial charge in [0.05, 0.1) is 0 Å². The molecular weight excluding hydrogens is 240 g/mol. The predicted octanol–water partition coefficient (Wildman–Crippen LogP) is 7.35. The monoisotopic (exact) mass is 276 g/mol. The number of hydrogen-bond donors (Lipinski definition) is 0. The van der Waals surface area contributed by atoms with E-state index >= 15 is 0 Å². The van der Waals surface area contributed by atoms with E-state index in [-0.39, 0.29) is 0 Å².